The maximum atomic E-state index is 13.5. The summed E-state index contributed by atoms with van der Waals surface area (Å²) in [6.45, 7) is 5.60. The number of carbonyl (C=O) groups excluding carboxylic acids is 1. The molecule has 2 aromatic rings. The second-order valence-electron chi connectivity index (χ2n) is 11.9. The first-order chi connectivity index (χ1) is 22.3. The van der Waals surface area contributed by atoms with E-state index >= 15 is 0 Å². The highest BCUT2D eigenvalue weighted by atomic mass is 19.4. The summed E-state index contributed by atoms with van der Waals surface area (Å²) >= 11 is 0. The minimum atomic E-state index is -4.49. The number of unbranched alkanes of at least 4 members (excludes halogenated alkanes) is 14. The van der Waals surface area contributed by atoms with Gasteiger partial charge in [-0.15, -0.1) is 0 Å². The Kier molecular flexibility index (Phi) is 19.6. The van der Waals surface area contributed by atoms with Crippen molar-refractivity contribution >= 4 is 17.6 Å². The molecule has 0 amide bonds. The third-order valence-electron chi connectivity index (χ3n) is 7.92. The van der Waals surface area contributed by atoms with Gasteiger partial charge in [0.15, 0.2) is 11.5 Å². The highest BCUT2D eigenvalue weighted by Crippen LogP contribution is 2.34. The lowest BCUT2D eigenvalue weighted by Gasteiger charge is -2.14. The Morgan fingerprint density at radius 2 is 1.22 bits per heavy atom. The van der Waals surface area contributed by atoms with Crippen LogP contribution in [0.2, 0.25) is 0 Å². The fourth-order valence-corrected chi connectivity index (χ4v) is 5.19. The van der Waals surface area contributed by atoms with Gasteiger partial charge >= 0.3 is 12.1 Å². The maximum Gasteiger partial charge on any atom is 0.416 e. The van der Waals surface area contributed by atoms with Gasteiger partial charge in [0, 0.05) is 6.08 Å². The van der Waals surface area contributed by atoms with Gasteiger partial charge in [0.2, 0.25) is 0 Å². The van der Waals surface area contributed by atoms with Gasteiger partial charge in [0.25, 0.3) is 0 Å². The standard InChI is InChI=1S/C39H55F3O4/c1-4-6-8-10-12-14-16-18-27-45-36-25-23-32(30-37(36)46-28-19-17-15-13-11-9-7-5-2)29-34(24-26-38(43)44-3)33-21-20-22-35(31-33)39(40,41)42/h20-26,29-31H,4-19,27-28H2,1-3H3. The minimum Gasteiger partial charge on any atom is -0.490 e. The first-order valence-electron chi connectivity index (χ1n) is 17.3. The molecule has 0 saturated heterocycles. The molecule has 2 rings (SSSR count). The van der Waals surface area contributed by atoms with E-state index in [9.17, 15) is 18.0 Å². The molecular formula is C39H55F3O4. The van der Waals surface area contributed by atoms with Crippen molar-refractivity contribution in [2.75, 3.05) is 20.3 Å². The molecule has 0 bridgehead atoms. The molecule has 0 heterocycles. The van der Waals surface area contributed by atoms with Crippen LogP contribution in [0.15, 0.2) is 54.6 Å². The van der Waals surface area contributed by atoms with Gasteiger partial charge in [-0.3, -0.25) is 0 Å². The van der Waals surface area contributed by atoms with E-state index in [-0.39, 0.29) is 0 Å². The van der Waals surface area contributed by atoms with E-state index in [1.165, 1.54) is 102 Å². The molecule has 0 saturated carbocycles. The Hall–Kier alpha value is -3.22. The van der Waals surface area contributed by atoms with Crippen molar-refractivity contribution in [3.63, 3.8) is 0 Å². The molecule has 0 atom stereocenters. The topological polar surface area (TPSA) is 44.8 Å². The zero-order chi connectivity index (χ0) is 33.5. The quantitative estimate of drug-likeness (QED) is 0.0375. The first kappa shape index (κ1) is 39.0. The van der Waals surface area contributed by atoms with Crippen LogP contribution in [0.25, 0.3) is 11.6 Å². The Balaban J connectivity index is 2.19. The van der Waals surface area contributed by atoms with Crippen LogP contribution in [-0.4, -0.2) is 26.3 Å². The molecule has 2 aromatic carbocycles. The Morgan fingerprint density at radius 1 is 0.674 bits per heavy atom. The molecule has 0 N–H and O–H groups in total. The Morgan fingerprint density at radius 3 is 1.76 bits per heavy atom. The third-order valence-corrected chi connectivity index (χ3v) is 7.92. The molecule has 46 heavy (non-hydrogen) atoms. The van der Waals surface area contributed by atoms with E-state index in [1.54, 1.807) is 12.1 Å². The van der Waals surface area contributed by atoms with Crippen molar-refractivity contribution in [2.45, 2.75) is 123 Å². The highest BCUT2D eigenvalue weighted by molar-refractivity contribution is 5.92. The molecule has 0 aromatic heterocycles. The lowest BCUT2D eigenvalue weighted by molar-refractivity contribution is -0.137. The first-order valence-corrected chi connectivity index (χ1v) is 17.3. The SMILES string of the molecule is CCCCCCCCCCOc1ccc(C=C(C=CC(=O)OC)c2cccc(C(F)(F)F)c2)cc1OCCCCCCCCCC. The lowest BCUT2D eigenvalue weighted by atomic mass is 9.99. The largest absolute Gasteiger partial charge is 0.490 e. The third kappa shape index (κ3) is 16.4. The van der Waals surface area contributed by atoms with Gasteiger partial charge in [0.05, 0.1) is 25.9 Å². The van der Waals surface area contributed by atoms with E-state index in [0.717, 1.165) is 37.8 Å². The number of esters is 1. The van der Waals surface area contributed by atoms with Crippen LogP contribution < -0.4 is 9.47 Å². The monoisotopic (exact) mass is 644 g/mol. The molecule has 0 aliphatic rings. The Labute approximate surface area is 275 Å². The van der Waals surface area contributed by atoms with Gasteiger partial charge in [-0.05, 0) is 66.0 Å². The molecular weight excluding hydrogens is 589 g/mol. The fourth-order valence-electron chi connectivity index (χ4n) is 5.19. The summed E-state index contributed by atoms with van der Waals surface area (Å²) in [4.78, 5) is 11.9. The van der Waals surface area contributed by atoms with Crippen LogP contribution in [0.3, 0.4) is 0 Å². The van der Waals surface area contributed by atoms with Crippen molar-refractivity contribution < 1.29 is 32.2 Å². The summed E-state index contributed by atoms with van der Waals surface area (Å²) in [6, 6.07) is 10.6. The second kappa shape index (κ2) is 23.2. The van der Waals surface area contributed by atoms with E-state index in [0.29, 0.717) is 41.4 Å². The van der Waals surface area contributed by atoms with Gasteiger partial charge in [-0.25, -0.2) is 4.79 Å². The van der Waals surface area contributed by atoms with Crippen molar-refractivity contribution in [2.24, 2.45) is 0 Å². The smallest absolute Gasteiger partial charge is 0.416 e. The van der Waals surface area contributed by atoms with Crippen LogP contribution >= 0.6 is 0 Å². The summed E-state index contributed by atoms with van der Waals surface area (Å²) < 4.78 is 57.5. The molecule has 0 aliphatic heterocycles. The van der Waals surface area contributed by atoms with Gasteiger partial charge in [-0.1, -0.05) is 122 Å². The normalized spacial score (nSPS) is 12.1. The predicted molar refractivity (Wildman–Crippen MR) is 183 cm³/mol. The number of hydrogen-bond acceptors (Lipinski definition) is 4. The zero-order valence-electron chi connectivity index (χ0n) is 28.3. The number of methoxy groups -OCH3 is 1. The average Bonchev–Trinajstić information content (AvgIpc) is 3.05. The number of carbonyl (C=O) groups is 1. The highest BCUT2D eigenvalue weighted by Gasteiger charge is 2.30. The summed E-state index contributed by atoms with van der Waals surface area (Å²) in [5.74, 6) is 0.666. The van der Waals surface area contributed by atoms with Crippen LogP contribution in [0.4, 0.5) is 13.2 Å². The molecule has 0 aliphatic carbocycles. The number of allylic oxidation sites excluding steroid dienone is 2. The number of ether oxygens (including phenoxy) is 3. The van der Waals surface area contributed by atoms with E-state index in [4.69, 9.17) is 14.2 Å². The summed E-state index contributed by atoms with van der Waals surface area (Å²) in [7, 11) is 1.25. The Bertz CT molecular complexity index is 1190. The van der Waals surface area contributed by atoms with Crippen LogP contribution in [0.5, 0.6) is 11.5 Å². The molecule has 4 nitrogen and oxygen atoms in total. The summed E-state index contributed by atoms with van der Waals surface area (Å²) in [5.41, 5.74) is 0.707. The number of halogens is 3. The second-order valence-corrected chi connectivity index (χ2v) is 11.9. The van der Waals surface area contributed by atoms with Crippen molar-refractivity contribution in [3.8, 4) is 11.5 Å². The molecule has 0 radical (unpaired) electrons. The molecule has 0 unspecified atom stereocenters. The van der Waals surface area contributed by atoms with Crippen molar-refractivity contribution in [3.05, 3.63) is 71.3 Å². The number of benzene rings is 2. The predicted octanol–water partition coefficient (Wildman–Crippen LogP) is 12.0. The zero-order valence-corrected chi connectivity index (χ0v) is 28.3. The number of rotatable bonds is 24. The lowest BCUT2D eigenvalue weighted by Crippen LogP contribution is -2.05. The summed E-state index contributed by atoms with van der Waals surface area (Å²) in [6.07, 6.45) is 19.2. The van der Waals surface area contributed by atoms with Crippen molar-refractivity contribution in [1.29, 1.82) is 0 Å². The maximum absolute atomic E-state index is 13.5. The van der Waals surface area contributed by atoms with E-state index in [1.807, 2.05) is 18.2 Å². The minimum absolute atomic E-state index is 0.325. The van der Waals surface area contributed by atoms with Gasteiger partial charge in [-0.2, -0.15) is 13.2 Å². The number of alkyl halides is 3. The molecule has 0 spiro atoms. The fraction of sp³-hybridized carbons (Fsp3) is 0.564. The van der Waals surface area contributed by atoms with E-state index < -0.39 is 17.7 Å². The molecule has 256 valence electrons. The van der Waals surface area contributed by atoms with Crippen LogP contribution in [0.1, 0.15) is 133 Å². The molecule has 7 heteroatoms. The number of hydrogen-bond donors (Lipinski definition) is 0. The van der Waals surface area contributed by atoms with Crippen LogP contribution in [0, 0.1) is 0 Å². The average molecular weight is 645 g/mol. The van der Waals surface area contributed by atoms with Crippen molar-refractivity contribution in [1.82, 2.24) is 0 Å². The van der Waals surface area contributed by atoms with Crippen LogP contribution in [-0.2, 0) is 15.7 Å². The van der Waals surface area contributed by atoms with Gasteiger partial charge in [0.1, 0.15) is 0 Å². The van der Waals surface area contributed by atoms with Gasteiger partial charge < -0.3 is 14.2 Å². The molecule has 0 fully saturated rings. The summed E-state index contributed by atoms with van der Waals surface area (Å²) in [5, 5.41) is 0. The van der Waals surface area contributed by atoms with E-state index in [2.05, 4.69) is 13.8 Å².